The number of hydrogen-bond acceptors (Lipinski definition) is 8. The fourth-order valence-corrected chi connectivity index (χ4v) is 4.06. The molecule has 1 saturated carbocycles. The van der Waals surface area contributed by atoms with Gasteiger partial charge in [-0.1, -0.05) is 0 Å². The predicted octanol–water partition coefficient (Wildman–Crippen LogP) is 3.49. The van der Waals surface area contributed by atoms with Crippen molar-refractivity contribution in [1.82, 2.24) is 34.9 Å². The molecular weight excluding hydrogens is 424 g/mol. The molecule has 4 heterocycles. The zero-order chi connectivity index (χ0) is 22.6. The van der Waals surface area contributed by atoms with E-state index in [0.29, 0.717) is 34.6 Å². The van der Waals surface area contributed by atoms with E-state index in [0.717, 1.165) is 32.3 Å². The summed E-state index contributed by atoms with van der Waals surface area (Å²) >= 11 is 0. The molecule has 33 heavy (non-hydrogen) atoms. The Morgan fingerprint density at radius 2 is 2.15 bits per heavy atom. The Morgan fingerprint density at radius 3 is 2.88 bits per heavy atom. The van der Waals surface area contributed by atoms with Crippen LogP contribution in [0.1, 0.15) is 49.1 Å². The van der Waals surface area contributed by atoms with E-state index in [1.165, 1.54) is 6.26 Å². The van der Waals surface area contributed by atoms with E-state index in [9.17, 15) is 4.79 Å². The molecule has 2 N–H and O–H groups in total. The Balaban J connectivity index is 1.38. The van der Waals surface area contributed by atoms with Crippen molar-refractivity contribution in [2.75, 3.05) is 11.9 Å². The van der Waals surface area contributed by atoms with Crippen molar-refractivity contribution in [2.24, 2.45) is 0 Å². The number of aromatic nitrogens is 7. The largest absolute Gasteiger partial charge is 0.444 e. The Kier molecular flexibility index (Phi) is 5.94. The molecule has 0 bridgehead atoms. The Morgan fingerprint density at radius 1 is 1.27 bits per heavy atom. The van der Waals surface area contributed by atoms with Gasteiger partial charge in [-0.2, -0.15) is 10.2 Å². The van der Waals surface area contributed by atoms with Crippen molar-refractivity contribution in [2.45, 2.75) is 44.8 Å². The molecule has 0 aromatic carbocycles. The normalized spacial score (nSPS) is 18.3. The number of nitrogens with zero attached hydrogens (tertiary/aromatic N) is 6. The first kappa shape index (κ1) is 21.0. The number of oxazole rings is 1. The third kappa shape index (κ3) is 4.53. The summed E-state index contributed by atoms with van der Waals surface area (Å²) < 4.78 is 13.1. The summed E-state index contributed by atoms with van der Waals surface area (Å²) in [6, 6.07) is 0.225. The number of carbonyl (C=O) groups is 1. The van der Waals surface area contributed by atoms with Gasteiger partial charge in [-0.15, -0.1) is 0 Å². The van der Waals surface area contributed by atoms with E-state index < -0.39 is 5.91 Å². The maximum Gasteiger partial charge on any atom is 0.277 e. The summed E-state index contributed by atoms with van der Waals surface area (Å²) in [6.07, 6.45) is 15.4. The lowest BCUT2D eigenvalue weighted by Crippen LogP contribution is -2.24. The van der Waals surface area contributed by atoms with Gasteiger partial charge in [0.05, 0.1) is 35.8 Å². The Bertz CT molecular complexity index is 1190. The van der Waals surface area contributed by atoms with Gasteiger partial charge in [-0.25, -0.2) is 4.98 Å². The van der Waals surface area contributed by atoms with Crippen LogP contribution in [0.4, 0.5) is 5.69 Å². The van der Waals surface area contributed by atoms with Crippen LogP contribution in [0, 0.1) is 0 Å². The summed E-state index contributed by atoms with van der Waals surface area (Å²) in [6.45, 7) is 2.75. The van der Waals surface area contributed by atoms with Crippen LogP contribution in [0.25, 0.3) is 22.8 Å². The molecule has 1 aliphatic carbocycles. The van der Waals surface area contributed by atoms with Crippen LogP contribution >= 0.6 is 0 Å². The van der Waals surface area contributed by atoms with Crippen LogP contribution in [0.5, 0.6) is 0 Å². The second-order valence-corrected chi connectivity index (χ2v) is 7.83. The summed E-state index contributed by atoms with van der Waals surface area (Å²) in [5.74, 6) is -0.0944. The highest BCUT2D eigenvalue weighted by atomic mass is 16.5. The molecule has 0 atom stereocenters. The van der Waals surface area contributed by atoms with Crippen LogP contribution in [0.3, 0.4) is 0 Å². The molecule has 170 valence electrons. The van der Waals surface area contributed by atoms with E-state index in [4.69, 9.17) is 14.3 Å². The number of amides is 1. The molecule has 11 nitrogen and oxygen atoms in total. The third-order valence-electron chi connectivity index (χ3n) is 5.69. The highest BCUT2D eigenvalue weighted by Crippen LogP contribution is 2.33. The smallest absolute Gasteiger partial charge is 0.277 e. The van der Waals surface area contributed by atoms with Crippen molar-refractivity contribution in [3.05, 3.63) is 49.1 Å². The fraction of sp³-hybridized carbons (Fsp3) is 0.364. The second kappa shape index (κ2) is 9.33. The van der Waals surface area contributed by atoms with Gasteiger partial charge < -0.3 is 14.5 Å². The summed E-state index contributed by atoms with van der Waals surface area (Å²) in [5.41, 5.74) is 2.49. The lowest BCUT2D eigenvalue weighted by Gasteiger charge is -2.28. The molecule has 4 aromatic rings. The van der Waals surface area contributed by atoms with Gasteiger partial charge in [0.25, 0.3) is 5.91 Å². The Hall–Kier alpha value is -3.86. The molecule has 1 amide bonds. The van der Waals surface area contributed by atoms with Gasteiger partial charge in [-0.05, 0) is 32.6 Å². The molecule has 5 rings (SSSR count). The molecule has 1 fully saturated rings. The first-order valence-electron chi connectivity index (χ1n) is 10.9. The molecule has 4 aromatic heterocycles. The number of rotatable bonds is 7. The van der Waals surface area contributed by atoms with Crippen LogP contribution in [0.15, 0.2) is 47.9 Å². The maximum atomic E-state index is 12.9. The first-order valence-corrected chi connectivity index (χ1v) is 10.9. The highest BCUT2D eigenvalue weighted by Gasteiger charge is 2.26. The SMILES string of the molecule is CCOC1CCC(n2cc(NC(=O)c3coc(-c4cn[nH]c4)n3)c(-c3cnccn3)n2)CC1. The molecule has 11 heteroatoms. The molecular formula is C22H24N8O3. The number of anilines is 1. The molecule has 0 aliphatic heterocycles. The number of nitrogens with one attached hydrogen (secondary N) is 2. The monoisotopic (exact) mass is 448 g/mol. The number of H-pyrrole nitrogens is 1. The van der Waals surface area contributed by atoms with Gasteiger partial charge in [0.2, 0.25) is 5.89 Å². The van der Waals surface area contributed by atoms with Crippen molar-refractivity contribution in [1.29, 1.82) is 0 Å². The van der Waals surface area contributed by atoms with E-state index in [1.807, 2.05) is 17.8 Å². The summed E-state index contributed by atoms with van der Waals surface area (Å²) in [7, 11) is 0. The lowest BCUT2D eigenvalue weighted by atomic mass is 9.93. The topological polar surface area (TPSA) is 137 Å². The minimum atomic E-state index is -0.404. The van der Waals surface area contributed by atoms with Crippen molar-refractivity contribution >= 4 is 11.6 Å². The van der Waals surface area contributed by atoms with Gasteiger partial charge in [0.15, 0.2) is 5.69 Å². The zero-order valence-electron chi connectivity index (χ0n) is 18.1. The van der Waals surface area contributed by atoms with Crippen molar-refractivity contribution < 1.29 is 13.9 Å². The zero-order valence-corrected chi connectivity index (χ0v) is 18.1. The minimum absolute atomic E-state index is 0.154. The van der Waals surface area contributed by atoms with E-state index in [-0.39, 0.29) is 11.7 Å². The second-order valence-electron chi connectivity index (χ2n) is 7.83. The lowest BCUT2D eigenvalue weighted by molar-refractivity contribution is 0.0260. The van der Waals surface area contributed by atoms with Crippen LogP contribution in [0.2, 0.25) is 0 Å². The van der Waals surface area contributed by atoms with Crippen LogP contribution < -0.4 is 5.32 Å². The van der Waals surface area contributed by atoms with E-state index in [2.05, 4.69) is 30.5 Å². The summed E-state index contributed by atoms with van der Waals surface area (Å²) in [4.78, 5) is 25.7. The van der Waals surface area contributed by atoms with Crippen molar-refractivity contribution in [3.63, 3.8) is 0 Å². The number of hydrogen-bond donors (Lipinski definition) is 2. The highest BCUT2D eigenvalue weighted by molar-refractivity contribution is 6.04. The third-order valence-corrected chi connectivity index (χ3v) is 5.69. The van der Waals surface area contributed by atoms with E-state index in [1.54, 1.807) is 31.0 Å². The minimum Gasteiger partial charge on any atom is -0.444 e. The van der Waals surface area contributed by atoms with Crippen molar-refractivity contribution in [3.8, 4) is 22.8 Å². The number of carbonyl (C=O) groups excluding carboxylic acids is 1. The fourth-order valence-electron chi connectivity index (χ4n) is 4.06. The van der Waals surface area contributed by atoms with Gasteiger partial charge in [-0.3, -0.25) is 24.5 Å². The Labute approximate surface area is 189 Å². The standard InChI is InChI=1S/C22H24N8O3/c1-2-32-16-5-3-15(4-6-16)30-12-18(20(29-30)17-11-23-7-8-24-17)27-21(31)19-13-33-22(28-19)14-9-25-26-10-14/h7-13,15-16H,2-6H2,1H3,(H,25,26)(H,27,31). The first-order chi connectivity index (χ1) is 16.2. The van der Waals surface area contributed by atoms with Gasteiger partial charge >= 0.3 is 0 Å². The summed E-state index contributed by atoms with van der Waals surface area (Å²) in [5, 5.41) is 14.2. The average Bonchev–Trinajstić information content (AvgIpc) is 3.61. The average molecular weight is 448 g/mol. The maximum absolute atomic E-state index is 12.9. The van der Waals surface area contributed by atoms with Crippen LogP contribution in [-0.2, 0) is 4.74 Å². The van der Waals surface area contributed by atoms with E-state index >= 15 is 0 Å². The van der Waals surface area contributed by atoms with Gasteiger partial charge in [0.1, 0.15) is 17.7 Å². The molecule has 0 saturated heterocycles. The number of aromatic amines is 1. The predicted molar refractivity (Wildman–Crippen MR) is 118 cm³/mol. The molecule has 0 unspecified atom stereocenters. The molecule has 0 spiro atoms. The van der Waals surface area contributed by atoms with Crippen LogP contribution in [-0.4, -0.2) is 53.5 Å². The quantitative estimate of drug-likeness (QED) is 0.438. The number of ether oxygens (including phenoxy) is 1. The molecule has 0 radical (unpaired) electrons. The van der Waals surface area contributed by atoms with Gasteiger partial charge in [0, 0.05) is 31.4 Å². The molecule has 1 aliphatic rings.